The number of nitrogens with zero attached hydrogens (tertiary/aromatic N) is 5. The van der Waals surface area contributed by atoms with Gasteiger partial charge >= 0.3 is 5.97 Å². The standard InChI is InChI=1S/C30H35N7O4/c1-3-20-18-27(39)37(24-10-6-21(7-11-24)32-26(38)12-13-28(40)41)29-25(20)19-31-30(34-29)33-22-4-8-23(9-5-22)36-16-14-35(2)15-17-36/h1,4-5,8-9,18-19,21,24H,6-7,10-17H2,2H3,(H,32,38)(H,40,41)(H,31,33,34). The summed E-state index contributed by atoms with van der Waals surface area (Å²) in [7, 11) is 2.14. The molecule has 3 N–H and O–H groups in total. The van der Waals surface area contributed by atoms with Crippen LogP contribution in [0.3, 0.4) is 0 Å². The van der Waals surface area contributed by atoms with Crippen molar-refractivity contribution < 1.29 is 14.7 Å². The molecule has 2 aliphatic rings. The number of amides is 1. The molecule has 1 saturated heterocycles. The van der Waals surface area contributed by atoms with Crippen molar-refractivity contribution in [2.75, 3.05) is 43.4 Å². The van der Waals surface area contributed by atoms with Crippen molar-refractivity contribution in [1.29, 1.82) is 0 Å². The first-order chi connectivity index (χ1) is 19.8. The van der Waals surface area contributed by atoms with Crippen LogP contribution < -0.4 is 21.1 Å². The van der Waals surface area contributed by atoms with E-state index in [0.29, 0.717) is 48.2 Å². The second-order valence-corrected chi connectivity index (χ2v) is 10.8. The molecule has 1 aliphatic heterocycles. The molecule has 0 bridgehead atoms. The zero-order chi connectivity index (χ0) is 28.9. The van der Waals surface area contributed by atoms with Crippen molar-refractivity contribution in [2.24, 2.45) is 0 Å². The van der Waals surface area contributed by atoms with E-state index in [2.05, 4.69) is 50.5 Å². The molecule has 11 heteroatoms. The van der Waals surface area contributed by atoms with E-state index in [1.54, 1.807) is 10.8 Å². The Kier molecular flexibility index (Phi) is 8.50. The molecular formula is C30H35N7O4. The van der Waals surface area contributed by atoms with Gasteiger partial charge in [0.15, 0.2) is 0 Å². The van der Waals surface area contributed by atoms with Crippen molar-refractivity contribution in [3.8, 4) is 12.3 Å². The molecule has 3 aromatic rings. The number of likely N-dealkylation sites (N-methyl/N-ethyl adjacent to an activating group) is 1. The van der Waals surface area contributed by atoms with E-state index in [9.17, 15) is 14.4 Å². The van der Waals surface area contributed by atoms with E-state index in [-0.39, 0.29) is 36.4 Å². The molecule has 1 aromatic carbocycles. The second kappa shape index (κ2) is 12.4. The van der Waals surface area contributed by atoms with Crippen LogP contribution >= 0.6 is 0 Å². The minimum Gasteiger partial charge on any atom is -0.481 e. The van der Waals surface area contributed by atoms with Crippen molar-refractivity contribution in [3.63, 3.8) is 0 Å². The predicted molar refractivity (Wildman–Crippen MR) is 157 cm³/mol. The number of hydrogen-bond donors (Lipinski definition) is 3. The van der Waals surface area contributed by atoms with Crippen molar-refractivity contribution in [2.45, 2.75) is 50.6 Å². The van der Waals surface area contributed by atoms with E-state index < -0.39 is 5.97 Å². The molecule has 0 radical (unpaired) electrons. The van der Waals surface area contributed by atoms with Gasteiger partial charge in [0.2, 0.25) is 11.9 Å². The SMILES string of the molecule is C#Cc1cc(=O)n(C2CCC(NC(=O)CCC(=O)O)CC2)c2nc(Nc3ccc(N4CCN(C)CC4)cc3)ncc12. The molecule has 5 rings (SSSR count). The number of carboxylic acids is 1. The highest BCUT2D eigenvalue weighted by Crippen LogP contribution is 2.31. The number of aliphatic carboxylic acids is 1. The number of carboxylic acid groups (broad SMARTS) is 1. The van der Waals surface area contributed by atoms with Crippen LogP contribution in [0.15, 0.2) is 41.3 Å². The summed E-state index contributed by atoms with van der Waals surface area (Å²) in [6.07, 6.45) is 9.80. The van der Waals surface area contributed by atoms with Gasteiger partial charge in [-0.3, -0.25) is 19.0 Å². The van der Waals surface area contributed by atoms with Gasteiger partial charge in [-0.05, 0) is 57.0 Å². The largest absolute Gasteiger partial charge is 0.481 e. The number of carbonyl (C=O) groups is 2. The predicted octanol–water partition coefficient (Wildman–Crippen LogP) is 2.73. The summed E-state index contributed by atoms with van der Waals surface area (Å²) in [5.41, 5.74) is 2.71. The van der Waals surface area contributed by atoms with Gasteiger partial charge in [-0.2, -0.15) is 4.98 Å². The maximum absolute atomic E-state index is 13.3. The average molecular weight is 558 g/mol. The van der Waals surface area contributed by atoms with Gasteiger partial charge in [-0.15, -0.1) is 6.42 Å². The number of carbonyl (C=O) groups excluding carboxylic acids is 1. The zero-order valence-corrected chi connectivity index (χ0v) is 23.2. The number of benzene rings is 1. The van der Waals surface area contributed by atoms with Crippen LogP contribution in [-0.2, 0) is 9.59 Å². The van der Waals surface area contributed by atoms with Crippen LogP contribution in [0.1, 0.15) is 50.1 Å². The Balaban J connectivity index is 1.33. The lowest BCUT2D eigenvalue weighted by Gasteiger charge is -2.34. The van der Waals surface area contributed by atoms with E-state index >= 15 is 0 Å². The van der Waals surface area contributed by atoms with Crippen LogP contribution in [0, 0.1) is 12.3 Å². The molecule has 0 unspecified atom stereocenters. The number of pyridine rings is 1. The molecule has 3 heterocycles. The maximum Gasteiger partial charge on any atom is 0.303 e. The topological polar surface area (TPSA) is 133 Å². The number of terminal acetylenes is 1. The number of piperazine rings is 1. The highest BCUT2D eigenvalue weighted by molar-refractivity contribution is 5.83. The number of nitrogens with one attached hydrogen (secondary N) is 2. The lowest BCUT2D eigenvalue weighted by Crippen LogP contribution is -2.44. The van der Waals surface area contributed by atoms with Crippen molar-refractivity contribution >= 4 is 40.2 Å². The number of anilines is 3. The third-order valence-electron chi connectivity index (χ3n) is 7.93. The minimum absolute atomic E-state index is 0.0435. The fraction of sp³-hybridized carbons (Fsp3) is 0.433. The Hall–Kier alpha value is -4.43. The Morgan fingerprint density at radius 2 is 1.78 bits per heavy atom. The molecule has 1 saturated carbocycles. The second-order valence-electron chi connectivity index (χ2n) is 10.8. The van der Waals surface area contributed by atoms with Gasteiger partial charge in [0.25, 0.3) is 5.56 Å². The summed E-state index contributed by atoms with van der Waals surface area (Å²) in [6.45, 7) is 4.06. The summed E-state index contributed by atoms with van der Waals surface area (Å²) < 4.78 is 1.70. The van der Waals surface area contributed by atoms with E-state index in [1.807, 2.05) is 12.1 Å². The summed E-state index contributed by atoms with van der Waals surface area (Å²) in [5, 5.41) is 15.6. The molecule has 0 atom stereocenters. The average Bonchev–Trinajstić information content (AvgIpc) is 2.97. The summed E-state index contributed by atoms with van der Waals surface area (Å²) >= 11 is 0. The molecule has 214 valence electrons. The van der Waals surface area contributed by atoms with Gasteiger partial charge in [0.05, 0.1) is 11.8 Å². The smallest absolute Gasteiger partial charge is 0.303 e. The number of hydrogen-bond acceptors (Lipinski definition) is 8. The van der Waals surface area contributed by atoms with Gasteiger partial charge in [-0.25, -0.2) is 4.98 Å². The third-order valence-corrected chi connectivity index (χ3v) is 7.93. The lowest BCUT2D eigenvalue weighted by molar-refractivity contribution is -0.139. The molecule has 1 aliphatic carbocycles. The van der Waals surface area contributed by atoms with Gasteiger partial charge in [0.1, 0.15) is 5.65 Å². The van der Waals surface area contributed by atoms with E-state index in [4.69, 9.17) is 16.5 Å². The number of aromatic nitrogens is 3. The summed E-state index contributed by atoms with van der Waals surface area (Å²) in [5.74, 6) is 1.69. The van der Waals surface area contributed by atoms with Crippen LogP contribution in [0.25, 0.3) is 11.0 Å². The normalized spacial score (nSPS) is 19.5. The first kappa shape index (κ1) is 28.1. The van der Waals surface area contributed by atoms with Crippen LogP contribution in [0.2, 0.25) is 0 Å². The highest BCUT2D eigenvalue weighted by atomic mass is 16.4. The maximum atomic E-state index is 13.3. The lowest BCUT2D eigenvalue weighted by atomic mass is 9.90. The Morgan fingerprint density at radius 1 is 1.07 bits per heavy atom. The molecule has 2 fully saturated rings. The van der Waals surface area contributed by atoms with Gasteiger partial charge < -0.3 is 25.5 Å². The molecule has 0 spiro atoms. The first-order valence-corrected chi connectivity index (χ1v) is 14.0. The number of fused-ring (bicyclic) bond motifs is 1. The Bertz CT molecular complexity index is 1510. The fourth-order valence-electron chi connectivity index (χ4n) is 5.60. The van der Waals surface area contributed by atoms with Crippen LogP contribution in [0.4, 0.5) is 17.3 Å². The molecule has 2 aromatic heterocycles. The molecule has 1 amide bonds. The minimum atomic E-state index is -0.996. The fourth-order valence-corrected chi connectivity index (χ4v) is 5.60. The third kappa shape index (κ3) is 6.66. The Morgan fingerprint density at radius 3 is 2.44 bits per heavy atom. The van der Waals surface area contributed by atoms with Crippen LogP contribution in [0.5, 0.6) is 0 Å². The quantitative estimate of drug-likeness (QED) is 0.358. The molecule has 11 nitrogen and oxygen atoms in total. The van der Waals surface area contributed by atoms with Gasteiger partial charge in [-0.1, -0.05) is 5.92 Å². The monoisotopic (exact) mass is 557 g/mol. The van der Waals surface area contributed by atoms with E-state index in [0.717, 1.165) is 31.9 Å². The number of rotatable bonds is 8. The van der Waals surface area contributed by atoms with Crippen molar-refractivity contribution in [1.82, 2.24) is 24.8 Å². The summed E-state index contributed by atoms with van der Waals surface area (Å²) in [6, 6.07) is 9.45. The van der Waals surface area contributed by atoms with Crippen molar-refractivity contribution in [3.05, 3.63) is 52.4 Å². The molecular weight excluding hydrogens is 522 g/mol. The first-order valence-electron chi connectivity index (χ1n) is 14.0. The van der Waals surface area contributed by atoms with Crippen LogP contribution in [-0.4, -0.2) is 75.7 Å². The Labute approximate surface area is 238 Å². The van der Waals surface area contributed by atoms with Gasteiger partial charge in [0, 0.05) is 73.9 Å². The zero-order valence-electron chi connectivity index (χ0n) is 23.2. The van der Waals surface area contributed by atoms with E-state index in [1.165, 1.54) is 11.8 Å². The highest BCUT2D eigenvalue weighted by Gasteiger charge is 2.26. The summed E-state index contributed by atoms with van der Waals surface area (Å²) in [4.78, 5) is 50.0. The molecule has 41 heavy (non-hydrogen) atoms.